The maximum atomic E-state index is 3.31. The van der Waals surface area contributed by atoms with E-state index in [1.807, 2.05) is 7.05 Å². The van der Waals surface area contributed by atoms with E-state index in [0.717, 1.165) is 0 Å². The fourth-order valence-electron chi connectivity index (χ4n) is 1.75. The van der Waals surface area contributed by atoms with Gasteiger partial charge in [0.1, 0.15) is 0 Å². The monoisotopic (exact) mass is 192 g/mol. The number of aryl methyl sites for hydroxylation is 2. The summed E-state index contributed by atoms with van der Waals surface area (Å²) < 4.78 is 0. The van der Waals surface area contributed by atoms with Gasteiger partial charge in [-0.1, -0.05) is 23.8 Å². The molecule has 0 saturated carbocycles. The molecule has 2 nitrogen and oxygen atoms in total. The predicted molar refractivity (Wildman–Crippen MR) is 61.4 cm³/mol. The molecule has 1 atom stereocenters. The Bertz CT molecular complexity index is 305. The molecule has 0 bridgehead atoms. The van der Waals surface area contributed by atoms with E-state index in [2.05, 4.69) is 56.4 Å². The van der Waals surface area contributed by atoms with E-state index in [4.69, 9.17) is 0 Å². The molecule has 0 radical (unpaired) electrons. The zero-order chi connectivity index (χ0) is 10.7. The van der Waals surface area contributed by atoms with Crippen LogP contribution in [-0.4, -0.2) is 26.0 Å². The van der Waals surface area contributed by atoms with Gasteiger partial charge in [-0.2, -0.15) is 0 Å². The van der Waals surface area contributed by atoms with Crippen molar-refractivity contribution in [2.45, 2.75) is 20.0 Å². The van der Waals surface area contributed by atoms with Crippen molar-refractivity contribution in [2.24, 2.45) is 0 Å². The molecule has 0 heterocycles. The highest BCUT2D eigenvalue weighted by atomic mass is 15.2. The lowest BCUT2D eigenvalue weighted by Gasteiger charge is -2.26. The van der Waals surface area contributed by atoms with Gasteiger partial charge >= 0.3 is 0 Å². The van der Waals surface area contributed by atoms with Crippen molar-refractivity contribution in [3.8, 4) is 0 Å². The molecule has 0 aliphatic rings. The number of nitrogens with zero attached hydrogens (tertiary/aromatic N) is 1. The Morgan fingerprint density at radius 1 is 1.21 bits per heavy atom. The van der Waals surface area contributed by atoms with Gasteiger partial charge in [0.05, 0.1) is 6.17 Å². The standard InChI is InChI=1S/C12H20N2/c1-9-6-7-10(2)11(8-9)12(13-3)14(4)5/h6-8,12-13H,1-5H3. The van der Waals surface area contributed by atoms with Crippen molar-refractivity contribution < 1.29 is 0 Å². The first-order valence-corrected chi connectivity index (χ1v) is 4.97. The molecule has 0 saturated heterocycles. The summed E-state index contributed by atoms with van der Waals surface area (Å²) in [5.74, 6) is 0. The molecule has 1 aromatic carbocycles. The Hall–Kier alpha value is -0.860. The van der Waals surface area contributed by atoms with Gasteiger partial charge in [-0.25, -0.2) is 0 Å². The van der Waals surface area contributed by atoms with Gasteiger partial charge in [-0.05, 0) is 46.1 Å². The van der Waals surface area contributed by atoms with Crippen LogP contribution in [0.4, 0.5) is 0 Å². The lowest BCUT2D eigenvalue weighted by Crippen LogP contribution is -2.31. The largest absolute Gasteiger partial charge is 0.301 e. The van der Waals surface area contributed by atoms with Crippen LogP contribution in [-0.2, 0) is 0 Å². The van der Waals surface area contributed by atoms with Crippen molar-refractivity contribution >= 4 is 0 Å². The van der Waals surface area contributed by atoms with E-state index in [1.165, 1.54) is 16.7 Å². The second kappa shape index (κ2) is 4.58. The second-order valence-electron chi connectivity index (χ2n) is 4.01. The summed E-state index contributed by atoms with van der Waals surface area (Å²) in [6, 6.07) is 6.58. The third kappa shape index (κ3) is 2.34. The fourth-order valence-corrected chi connectivity index (χ4v) is 1.75. The number of hydrogen-bond donors (Lipinski definition) is 1. The summed E-state index contributed by atoms with van der Waals surface area (Å²) >= 11 is 0. The van der Waals surface area contributed by atoms with Crippen LogP contribution in [0.3, 0.4) is 0 Å². The van der Waals surface area contributed by atoms with E-state index in [9.17, 15) is 0 Å². The molecular formula is C12H20N2. The maximum Gasteiger partial charge on any atom is 0.0856 e. The maximum absolute atomic E-state index is 3.31. The first-order chi connectivity index (χ1) is 6.56. The van der Waals surface area contributed by atoms with Crippen molar-refractivity contribution in [3.05, 3.63) is 34.9 Å². The molecule has 0 aromatic heterocycles. The molecule has 0 amide bonds. The Balaban J connectivity index is 3.08. The molecule has 14 heavy (non-hydrogen) atoms. The van der Waals surface area contributed by atoms with Gasteiger partial charge in [0.15, 0.2) is 0 Å². The fraction of sp³-hybridized carbons (Fsp3) is 0.500. The van der Waals surface area contributed by atoms with Crippen LogP contribution in [0.25, 0.3) is 0 Å². The Morgan fingerprint density at radius 2 is 1.86 bits per heavy atom. The van der Waals surface area contributed by atoms with E-state index in [1.54, 1.807) is 0 Å². The van der Waals surface area contributed by atoms with Gasteiger partial charge in [-0.3, -0.25) is 4.90 Å². The van der Waals surface area contributed by atoms with E-state index >= 15 is 0 Å². The van der Waals surface area contributed by atoms with Crippen molar-refractivity contribution in [2.75, 3.05) is 21.1 Å². The smallest absolute Gasteiger partial charge is 0.0856 e. The molecule has 0 aliphatic heterocycles. The van der Waals surface area contributed by atoms with Gasteiger partial charge in [-0.15, -0.1) is 0 Å². The van der Waals surface area contributed by atoms with Crippen molar-refractivity contribution in [1.82, 2.24) is 10.2 Å². The Labute approximate surface area is 86.9 Å². The summed E-state index contributed by atoms with van der Waals surface area (Å²) in [5, 5.41) is 3.31. The van der Waals surface area contributed by atoms with Crippen molar-refractivity contribution in [3.63, 3.8) is 0 Å². The third-order valence-electron chi connectivity index (χ3n) is 2.52. The van der Waals surface area contributed by atoms with Crippen LogP contribution >= 0.6 is 0 Å². The minimum Gasteiger partial charge on any atom is -0.301 e. The Kier molecular flexibility index (Phi) is 3.67. The first kappa shape index (κ1) is 11.2. The Morgan fingerprint density at radius 3 is 2.36 bits per heavy atom. The van der Waals surface area contributed by atoms with Crippen LogP contribution in [0.2, 0.25) is 0 Å². The SMILES string of the molecule is CNC(c1cc(C)ccc1C)N(C)C. The highest BCUT2D eigenvalue weighted by Crippen LogP contribution is 2.20. The highest BCUT2D eigenvalue weighted by molar-refractivity contribution is 5.32. The summed E-state index contributed by atoms with van der Waals surface area (Å²) in [6.07, 6.45) is 0.301. The topological polar surface area (TPSA) is 15.3 Å². The van der Waals surface area contributed by atoms with Crippen LogP contribution in [0, 0.1) is 13.8 Å². The molecular weight excluding hydrogens is 172 g/mol. The van der Waals surface area contributed by atoms with Crippen LogP contribution < -0.4 is 5.32 Å². The van der Waals surface area contributed by atoms with Crippen LogP contribution in [0.5, 0.6) is 0 Å². The molecule has 1 N–H and O–H groups in total. The average molecular weight is 192 g/mol. The summed E-state index contributed by atoms with van der Waals surface area (Å²) in [4.78, 5) is 2.18. The molecule has 1 unspecified atom stereocenters. The van der Waals surface area contributed by atoms with Crippen LogP contribution in [0.15, 0.2) is 18.2 Å². The number of nitrogens with one attached hydrogen (secondary N) is 1. The highest BCUT2D eigenvalue weighted by Gasteiger charge is 2.13. The van der Waals surface area contributed by atoms with Crippen LogP contribution in [0.1, 0.15) is 22.9 Å². The minimum atomic E-state index is 0.301. The average Bonchev–Trinajstić information content (AvgIpc) is 2.11. The lowest BCUT2D eigenvalue weighted by molar-refractivity contribution is 0.263. The molecule has 0 aliphatic carbocycles. The zero-order valence-corrected chi connectivity index (χ0v) is 9.76. The van der Waals surface area contributed by atoms with Crippen molar-refractivity contribution in [1.29, 1.82) is 0 Å². The molecule has 1 rings (SSSR count). The second-order valence-corrected chi connectivity index (χ2v) is 4.01. The molecule has 0 fully saturated rings. The van der Waals surface area contributed by atoms with Gasteiger partial charge in [0, 0.05) is 0 Å². The van der Waals surface area contributed by atoms with E-state index in [0.29, 0.717) is 6.17 Å². The molecule has 0 spiro atoms. The summed E-state index contributed by atoms with van der Waals surface area (Å²) in [5.41, 5.74) is 4.01. The van der Waals surface area contributed by atoms with E-state index in [-0.39, 0.29) is 0 Å². The summed E-state index contributed by atoms with van der Waals surface area (Å²) in [6.45, 7) is 4.29. The number of rotatable bonds is 3. The third-order valence-corrected chi connectivity index (χ3v) is 2.52. The predicted octanol–water partition coefficient (Wildman–Crippen LogP) is 2.08. The molecule has 78 valence electrons. The van der Waals surface area contributed by atoms with Gasteiger partial charge < -0.3 is 5.32 Å². The van der Waals surface area contributed by atoms with Gasteiger partial charge in [0.2, 0.25) is 0 Å². The van der Waals surface area contributed by atoms with Gasteiger partial charge in [0.25, 0.3) is 0 Å². The van der Waals surface area contributed by atoms with E-state index < -0.39 is 0 Å². The molecule has 2 heteroatoms. The zero-order valence-electron chi connectivity index (χ0n) is 9.76. The number of benzene rings is 1. The quantitative estimate of drug-likeness (QED) is 0.738. The number of hydrogen-bond acceptors (Lipinski definition) is 2. The molecule has 1 aromatic rings. The first-order valence-electron chi connectivity index (χ1n) is 4.97. The minimum absolute atomic E-state index is 0.301. The normalized spacial score (nSPS) is 13.3. The summed E-state index contributed by atoms with van der Waals surface area (Å²) in [7, 11) is 6.17. The lowest BCUT2D eigenvalue weighted by atomic mass is 10.0.